The molecule has 6 rings (SSSR count). The molecule has 0 saturated carbocycles. The molecule has 0 aliphatic carbocycles. The standard InChI is InChI=1S/C32H36ClN3O5/c1-34-30(32(37)36-19-18-35-16-14-24(36)15-17-35)27-12-13-28(40-20-22-4-8-25(38-2)9-5-22)31(29(27)33)41-21-23-6-10-26(39-3)11-7-23/h4-13,24H,14-21H2,1-3H3/b34-30-. The Balaban J connectivity index is 1.42. The zero-order valence-corrected chi connectivity index (χ0v) is 24.5. The van der Waals surface area contributed by atoms with Crippen molar-refractivity contribution in [3.8, 4) is 23.0 Å². The maximum absolute atomic E-state index is 13.8. The van der Waals surface area contributed by atoms with Crippen LogP contribution in [-0.2, 0) is 18.0 Å². The number of fused-ring (bicyclic) bond motifs is 4. The van der Waals surface area contributed by atoms with Crippen LogP contribution in [0.1, 0.15) is 29.5 Å². The van der Waals surface area contributed by atoms with E-state index < -0.39 is 0 Å². The molecule has 9 heteroatoms. The second kappa shape index (κ2) is 13.3. The molecule has 3 fully saturated rings. The summed E-state index contributed by atoms with van der Waals surface area (Å²) in [7, 11) is 4.90. The number of amides is 1. The molecule has 2 bridgehead atoms. The monoisotopic (exact) mass is 577 g/mol. The van der Waals surface area contributed by atoms with E-state index in [4.69, 9.17) is 30.5 Å². The Morgan fingerprint density at radius 1 is 0.829 bits per heavy atom. The largest absolute Gasteiger partial charge is 0.497 e. The number of carbonyl (C=O) groups is 1. The van der Waals surface area contributed by atoms with Gasteiger partial charge in [-0.3, -0.25) is 9.79 Å². The van der Waals surface area contributed by atoms with E-state index in [2.05, 4.69) is 9.89 Å². The number of aliphatic imine (C=N–C) groups is 1. The smallest absolute Gasteiger partial charge is 0.272 e. The minimum atomic E-state index is -0.101. The van der Waals surface area contributed by atoms with Crippen molar-refractivity contribution in [3.63, 3.8) is 0 Å². The van der Waals surface area contributed by atoms with E-state index in [1.807, 2.05) is 53.4 Å². The van der Waals surface area contributed by atoms with E-state index >= 15 is 0 Å². The van der Waals surface area contributed by atoms with E-state index in [1.54, 1.807) is 33.4 Å². The fraction of sp³-hybridized carbons (Fsp3) is 0.375. The Kier molecular flexibility index (Phi) is 9.31. The second-order valence-corrected chi connectivity index (χ2v) is 10.5. The molecule has 0 N–H and O–H groups in total. The van der Waals surface area contributed by atoms with E-state index in [0.29, 0.717) is 40.9 Å². The number of nitrogens with zero attached hydrogens (tertiary/aromatic N) is 3. The molecule has 41 heavy (non-hydrogen) atoms. The zero-order valence-electron chi connectivity index (χ0n) is 23.8. The molecule has 3 aromatic carbocycles. The SMILES string of the molecule is C/N=C(\C(=O)N1CCN2CCC1CC2)c1ccc(OCc2ccc(OC)cc2)c(OCc2ccc(OC)cc2)c1Cl. The topological polar surface area (TPSA) is 72.8 Å². The van der Waals surface area contributed by atoms with Crippen LogP contribution in [-0.4, -0.2) is 74.9 Å². The third kappa shape index (κ3) is 6.60. The Labute approximate surface area is 246 Å². The van der Waals surface area contributed by atoms with E-state index in [-0.39, 0.29) is 18.6 Å². The van der Waals surface area contributed by atoms with Crippen molar-refractivity contribution >= 4 is 23.2 Å². The zero-order chi connectivity index (χ0) is 28.8. The summed E-state index contributed by atoms with van der Waals surface area (Å²) >= 11 is 7.02. The number of benzene rings is 3. The van der Waals surface area contributed by atoms with Gasteiger partial charge in [0.25, 0.3) is 5.91 Å². The highest BCUT2D eigenvalue weighted by atomic mass is 35.5. The number of piperidine rings is 1. The fourth-order valence-electron chi connectivity index (χ4n) is 5.35. The molecule has 8 nitrogen and oxygen atoms in total. The van der Waals surface area contributed by atoms with Gasteiger partial charge in [0.1, 0.15) is 30.4 Å². The fourth-order valence-corrected chi connectivity index (χ4v) is 5.65. The van der Waals surface area contributed by atoms with Crippen molar-refractivity contribution in [2.45, 2.75) is 32.1 Å². The normalized spacial score (nSPS) is 18.5. The average Bonchev–Trinajstić information content (AvgIpc) is 3.35. The third-order valence-corrected chi connectivity index (χ3v) is 8.13. The van der Waals surface area contributed by atoms with Gasteiger partial charge < -0.3 is 28.7 Å². The number of rotatable bonds is 10. The van der Waals surface area contributed by atoms with Crippen molar-refractivity contribution < 1.29 is 23.7 Å². The number of halogens is 1. The first-order valence-corrected chi connectivity index (χ1v) is 14.2. The lowest BCUT2D eigenvalue weighted by molar-refractivity contribution is -0.126. The van der Waals surface area contributed by atoms with Gasteiger partial charge in [-0.1, -0.05) is 35.9 Å². The second-order valence-electron chi connectivity index (χ2n) is 10.2. The van der Waals surface area contributed by atoms with Crippen LogP contribution in [0.4, 0.5) is 0 Å². The van der Waals surface area contributed by atoms with Crippen LogP contribution in [0.5, 0.6) is 23.0 Å². The number of methoxy groups -OCH3 is 2. The average molecular weight is 578 g/mol. The molecule has 0 aromatic heterocycles. The molecule has 0 atom stereocenters. The van der Waals surface area contributed by atoms with Gasteiger partial charge in [0.05, 0.1) is 19.2 Å². The first-order valence-electron chi connectivity index (χ1n) is 13.8. The van der Waals surface area contributed by atoms with Crippen LogP contribution in [0.3, 0.4) is 0 Å². The van der Waals surface area contributed by atoms with Crippen molar-refractivity contribution in [2.24, 2.45) is 4.99 Å². The molecule has 3 aliphatic heterocycles. The van der Waals surface area contributed by atoms with Gasteiger partial charge in [-0.25, -0.2) is 0 Å². The molecule has 3 aromatic rings. The van der Waals surface area contributed by atoms with Crippen LogP contribution in [0.2, 0.25) is 5.02 Å². The van der Waals surface area contributed by atoms with Crippen molar-refractivity contribution in [3.05, 3.63) is 82.4 Å². The predicted octanol–water partition coefficient (Wildman–Crippen LogP) is 5.24. The highest BCUT2D eigenvalue weighted by molar-refractivity contribution is 6.49. The quantitative estimate of drug-likeness (QED) is 0.307. The Morgan fingerprint density at radius 3 is 1.98 bits per heavy atom. The summed E-state index contributed by atoms with van der Waals surface area (Å²) in [6.45, 7) is 4.17. The summed E-state index contributed by atoms with van der Waals surface area (Å²) in [6, 6.07) is 19.1. The number of hydrogen-bond acceptors (Lipinski definition) is 7. The van der Waals surface area contributed by atoms with Gasteiger partial charge in [-0.15, -0.1) is 0 Å². The molecule has 3 saturated heterocycles. The molecule has 0 unspecified atom stereocenters. The predicted molar refractivity (Wildman–Crippen MR) is 160 cm³/mol. The minimum absolute atomic E-state index is 0.101. The molecular formula is C32H36ClN3O5. The van der Waals surface area contributed by atoms with Crippen LogP contribution in [0.25, 0.3) is 0 Å². The Bertz CT molecular complexity index is 1370. The van der Waals surface area contributed by atoms with Gasteiger partial charge >= 0.3 is 0 Å². The molecule has 1 amide bonds. The summed E-state index contributed by atoms with van der Waals surface area (Å²) < 4.78 is 23.0. The van der Waals surface area contributed by atoms with Crippen LogP contribution >= 0.6 is 11.6 Å². The summed E-state index contributed by atoms with van der Waals surface area (Å²) in [6.07, 6.45) is 1.95. The molecule has 0 radical (unpaired) electrons. The van der Waals surface area contributed by atoms with Gasteiger partial charge in [-0.2, -0.15) is 0 Å². The summed E-state index contributed by atoms with van der Waals surface area (Å²) in [4.78, 5) is 22.7. The Morgan fingerprint density at radius 2 is 1.41 bits per heavy atom. The van der Waals surface area contributed by atoms with Crippen LogP contribution in [0, 0.1) is 0 Å². The maximum atomic E-state index is 13.8. The summed E-state index contributed by atoms with van der Waals surface area (Å²) in [5, 5.41) is 0.294. The summed E-state index contributed by atoms with van der Waals surface area (Å²) in [5.74, 6) is 2.28. The van der Waals surface area contributed by atoms with E-state index in [9.17, 15) is 4.79 Å². The summed E-state index contributed by atoms with van der Waals surface area (Å²) in [5.41, 5.74) is 2.75. The molecule has 216 valence electrons. The first kappa shape index (κ1) is 28.8. The van der Waals surface area contributed by atoms with E-state index in [1.165, 1.54) is 0 Å². The first-order chi connectivity index (χ1) is 20.0. The third-order valence-electron chi connectivity index (χ3n) is 7.75. The lowest BCUT2D eigenvalue weighted by atomic mass is 10.0. The van der Waals surface area contributed by atoms with Crippen LogP contribution < -0.4 is 18.9 Å². The maximum Gasteiger partial charge on any atom is 0.272 e. The number of carbonyl (C=O) groups excluding carboxylic acids is 1. The van der Waals surface area contributed by atoms with Gasteiger partial charge in [-0.05, 0) is 60.4 Å². The van der Waals surface area contributed by atoms with Crippen molar-refractivity contribution in [1.82, 2.24) is 9.80 Å². The highest BCUT2D eigenvalue weighted by Crippen LogP contribution is 2.39. The number of hydrogen-bond donors (Lipinski definition) is 0. The molecular weight excluding hydrogens is 542 g/mol. The van der Waals surface area contributed by atoms with Crippen molar-refractivity contribution in [2.75, 3.05) is 47.4 Å². The molecule has 3 heterocycles. The van der Waals surface area contributed by atoms with Gasteiger partial charge in [0, 0.05) is 44.8 Å². The molecule has 3 aliphatic rings. The van der Waals surface area contributed by atoms with E-state index in [0.717, 1.165) is 55.1 Å². The van der Waals surface area contributed by atoms with Crippen molar-refractivity contribution in [1.29, 1.82) is 0 Å². The van der Waals surface area contributed by atoms with Crippen LogP contribution in [0.15, 0.2) is 65.7 Å². The lowest BCUT2D eigenvalue weighted by Crippen LogP contribution is -2.45. The highest BCUT2D eigenvalue weighted by Gasteiger charge is 2.35. The van der Waals surface area contributed by atoms with Gasteiger partial charge in [0.2, 0.25) is 0 Å². The minimum Gasteiger partial charge on any atom is -0.497 e. The Hall–Kier alpha value is -3.75. The lowest BCUT2D eigenvalue weighted by Gasteiger charge is -2.31. The molecule has 0 spiro atoms. The number of ether oxygens (including phenoxy) is 4. The van der Waals surface area contributed by atoms with Gasteiger partial charge in [0.15, 0.2) is 11.5 Å².